The van der Waals surface area contributed by atoms with Gasteiger partial charge in [-0.2, -0.15) is 0 Å². The van der Waals surface area contributed by atoms with E-state index >= 15 is 0 Å². The molecule has 0 aromatic heterocycles. The summed E-state index contributed by atoms with van der Waals surface area (Å²) in [5, 5.41) is 3.36. The second-order valence-electron chi connectivity index (χ2n) is 4.74. The standard InChI is InChI=1S/C14H22N2/c1-4-15-10-12-5-8-14(11(2)9-12)16(3)13-6-7-13/h5,8-9,13,15H,4,6-7,10H2,1-3H3. The van der Waals surface area contributed by atoms with Crippen LogP contribution >= 0.6 is 0 Å². The second-order valence-corrected chi connectivity index (χ2v) is 4.74. The van der Waals surface area contributed by atoms with Gasteiger partial charge in [-0.3, -0.25) is 0 Å². The van der Waals surface area contributed by atoms with Crippen LogP contribution in [0.1, 0.15) is 30.9 Å². The van der Waals surface area contributed by atoms with Gasteiger partial charge in [0.25, 0.3) is 0 Å². The first-order valence-electron chi connectivity index (χ1n) is 6.25. The molecule has 1 aliphatic carbocycles. The number of nitrogens with one attached hydrogen (secondary N) is 1. The van der Waals surface area contributed by atoms with Crippen molar-refractivity contribution in [2.45, 2.75) is 39.3 Å². The normalized spacial score (nSPS) is 15.2. The summed E-state index contributed by atoms with van der Waals surface area (Å²) in [5.74, 6) is 0. The average Bonchev–Trinajstić information content (AvgIpc) is 3.09. The summed E-state index contributed by atoms with van der Waals surface area (Å²) in [4.78, 5) is 2.42. The molecule has 0 aliphatic heterocycles. The van der Waals surface area contributed by atoms with Crippen LogP contribution in [0.15, 0.2) is 18.2 Å². The topological polar surface area (TPSA) is 15.3 Å². The van der Waals surface area contributed by atoms with E-state index in [1.165, 1.54) is 29.7 Å². The van der Waals surface area contributed by atoms with Gasteiger partial charge in [-0.25, -0.2) is 0 Å². The van der Waals surface area contributed by atoms with Crippen LogP contribution in [0.3, 0.4) is 0 Å². The number of nitrogens with zero attached hydrogens (tertiary/aromatic N) is 1. The van der Waals surface area contributed by atoms with Crippen LogP contribution in [0.25, 0.3) is 0 Å². The quantitative estimate of drug-likeness (QED) is 0.817. The minimum Gasteiger partial charge on any atom is -0.371 e. The largest absolute Gasteiger partial charge is 0.371 e. The van der Waals surface area contributed by atoms with E-state index in [4.69, 9.17) is 0 Å². The molecule has 0 atom stereocenters. The molecule has 0 amide bonds. The Hall–Kier alpha value is -1.02. The number of anilines is 1. The average molecular weight is 218 g/mol. The SMILES string of the molecule is CCNCc1ccc(N(C)C2CC2)c(C)c1. The van der Waals surface area contributed by atoms with Crippen LogP contribution in [-0.2, 0) is 6.54 Å². The van der Waals surface area contributed by atoms with Crippen molar-refractivity contribution in [3.8, 4) is 0 Å². The van der Waals surface area contributed by atoms with Crippen molar-refractivity contribution in [3.05, 3.63) is 29.3 Å². The fourth-order valence-corrected chi connectivity index (χ4v) is 2.15. The van der Waals surface area contributed by atoms with Crippen LogP contribution in [0.4, 0.5) is 5.69 Å². The van der Waals surface area contributed by atoms with Gasteiger partial charge in [-0.1, -0.05) is 19.1 Å². The second kappa shape index (κ2) is 4.88. The Morgan fingerprint density at radius 2 is 2.12 bits per heavy atom. The summed E-state index contributed by atoms with van der Waals surface area (Å²) >= 11 is 0. The lowest BCUT2D eigenvalue weighted by Crippen LogP contribution is -2.20. The minimum absolute atomic E-state index is 0.790. The molecule has 88 valence electrons. The smallest absolute Gasteiger partial charge is 0.0396 e. The molecular weight excluding hydrogens is 196 g/mol. The first kappa shape index (κ1) is 11.5. The zero-order valence-corrected chi connectivity index (χ0v) is 10.6. The van der Waals surface area contributed by atoms with Crippen molar-refractivity contribution in [2.75, 3.05) is 18.5 Å². The third-order valence-electron chi connectivity index (χ3n) is 3.31. The Balaban J connectivity index is 2.09. The summed E-state index contributed by atoms with van der Waals surface area (Å²) in [6, 6.07) is 7.60. The molecule has 2 nitrogen and oxygen atoms in total. The van der Waals surface area contributed by atoms with E-state index in [0.29, 0.717) is 0 Å². The van der Waals surface area contributed by atoms with Gasteiger partial charge in [0, 0.05) is 25.3 Å². The fourth-order valence-electron chi connectivity index (χ4n) is 2.15. The Bertz CT molecular complexity index is 356. The molecule has 0 heterocycles. The third kappa shape index (κ3) is 2.56. The molecule has 2 heteroatoms. The fraction of sp³-hybridized carbons (Fsp3) is 0.571. The van der Waals surface area contributed by atoms with Gasteiger partial charge in [0.1, 0.15) is 0 Å². The molecule has 1 aliphatic rings. The maximum Gasteiger partial charge on any atom is 0.0396 e. The third-order valence-corrected chi connectivity index (χ3v) is 3.31. The van der Waals surface area contributed by atoms with E-state index in [2.05, 4.69) is 49.3 Å². The van der Waals surface area contributed by atoms with Crippen LogP contribution in [-0.4, -0.2) is 19.6 Å². The molecule has 2 rings (SSSR count). The van der Waals surface area contributed by atoms with Crippen molar-refractivity contribution in [1.29, 1.82) is 0 Å². The zero-order chi connectivity index (χ0) is 11.5. The van der Waals surface area contributed by atoms with Gasteiger partial charge in [-0.05, 0) is 43.5 Å². The maximum absolute atomic E-state index is 3.36. The van der Waals surface area contributed by atoms with Crippen molar-refractivity contribution < 1.29 is 0 Å². The first-order chi connectivity index (χ1) is 7.72. The van der Waals surface area contributed by atoms with Crippen molar-refractivity contribution >= 4 is 5.69 Å². The minimum atomic E-state index is 0.790. The summed E-state index contributed by atoms with van der Waals surface area (Å²) in [6.45, 7) is 6.36. The summed E-state index contributed by atoms with van der Waals surface area (Å²) in [7, 11) is 2.21. The molecule has 1 fully saturated rings. The van der Waals surface area contributed by atoms with Crippen molar-refractivity contribution in [3.63, 3.8) is 0 Å². The lowest BCUT2D eigenvalue weighted by molar-refractivity contribution is 0.726. The van der Waals surface area contributed by atoms with Gasteiger partial charge in [-0.15, -0.1) is 0 Å². The number of hydrogen-bond donors (Lipinski definition) is 1. The van der Waals surface area contributed by atoms with E-state index in [0.717, 1.165) is 19.1 Å². The summed E-state index contributed by atoms with van der Waals surface area (Å²) < 4.78 is 0. The molecule has 1 aromatic carbocycles. The molecule has 0 saturated heterocycles. The number of hydrogen-bond acceptors (Lipinski definition) is 2. The molecule has 0 bridgehead atoms. The van der Waals surface area contributed by atoms with Crippen LogP contribution < -0.4 is 10.2 Å². The summed E-state index contributed by atoms with van der Waals surface area (Å²) in [6.07, 6.45) is 2.71. The number of benzene rings is 1. The Kier molecular flexibility index (Phi) is 3.49. The highest BCUT2D eigenvalue weighted by molar-refractivity contribution is 5.55. The Labute approximate surface area is 98.7 Å². The van der Waals surface area contributed by atoms with E-state index in [9.17, 15) is 0 Å². The lowest BCUT2D eigenvalue weighted by Gasteiger charge is -2.21. The van der Waals surface area contributed by atoms with E-state index < -0.39 is 0 Å². The van der Waals surface area contributed by atoms with E-state index in [1.54, 1.807) is 0 Å². The highest BCUT2D eigenvalue weighted by Gasteiger charge is 2.26. The predicted molar refractivity (Wildman–Crippen MR) is 70.0 cm³/mol. The number of rotatable bonds is 5. The summed E-state index contributed by atoms with van der Waals surface area (Å²) in [5.41, 5.74) is 4.17. The van der Waals surface area contributed by atoms with E-state index in [1.807, 2.05) is 0 Å². The van der Waals surface area contributed by atoms with Gasteiger partial charge in [0.2, 0.25) is 0 Å². The monoisotopic (exact) mass is 218 g/mol. The Morgan fingerprint density at radius 3 is 2.69 bits per heavy atom. The number of aryl methyl sites for hydroxylation is 1. The molecule has 0 radical (unpaired) electrons. The molecule has 1 N–H and O–H groups in total. The lowest BCUT2D eigenvalue weighted by atomic mass is 10.1. The highest BCUT2D eigenvalue weighted by Crippen LogP contribution is 2.32. The van der Waals surface area contributed by atoms with Crippen molar-refractivity contribution in [2.24, 2.45) is 0 Å². The zero-order valence-electron chi connectivity index (χ0n) is 10.6. The molecule has 1 aromatic rings. The van der Waals surface area contributed by atoms with Crippen LogP contribution in [0, 0.1) is 6.92 Å². The molecular formula is C14H22N2. The molecule has 0 spiro atoms. The first-order valence-corrected chi connectivity index (χ1v) is 6.25. The van der Waals surface area contributed by atoms with Gasteiger partial charge in [0.05, 0.1) is 0 Å². The predicted octanol–water partition coefficient (Wildman–Crippen LogP) is 2.70. The van der Waals surface area contributed by atoms with Gasteiger partial charge >= 0.3 is 0 Å². The van der Waals surface area contributed by atoms with Crippen molar-refractivity contribution in [1.82, 2.24) is 5.32 Å². The molecule has 0 unspecified atom stereocenters. The Morgan fingerprint density at radius 1 is 1.38 bits per heavy atom. The van der Waals surface area contributed by atoms with Gasteiger partial charge in [0.15, 0.2) is 0 Å². The van der Waals surface area contributed by atoms with Gasteiger partial charge < -0.3 is 10.2 Å². The maximum atomic E-state index is 3.36. The van der Waals surface area contributed by atoms with Crippen LogP contribution in [0.2, 0.25) is 0 Å². The van der Waals surface area contributed by atoms with E-state index in [-0.39, 0.29) is 0 Å². The molecule has 1 saturated carbocycles. The van der Waals surface area contributed by atoms with Crippen LogP contribution in [0.5, 0.6) is 0 Å². The highest BCUT2D eigenvalue weighted by atomic mass is 15.2. The molecule has 16 heavy (non-hydrogen) atoms.